The zero-order chi connectivity index (χ0) is 27.1. The summed E-state index contributed by atoms with van der Waals surface area (Å²) in [4.78, 5) is 26.7. The van der Waals surface area contributed by atoms with Gasteiger partial charge in [-0.1, -0.05) is 19.9 Å². The SMILES string of the molecule is COc1ccc(Nc2nc(N3CCN(c4cccc(C(F)(F)F)c4)CC3)nc3c2C(=O)CC(C)(C)C3)cc1. The fourth-order valence-electron chi connectivity index (χ4n) is 5.04. The lowest BCUT2D eigenvalue weighted by atomic mass is 9.75. The molecule has 0 saturated carbocycles. The van der Waals surface area contributed by atoms with E-state index in [9.17, 15) is 18.0 Å². The van der Waals surface area contributed by atoms with Crippen LogP contribution in [0.2, 0.25) is 0 Å². The molecule has 1 aliphatic carbocycles. The number of ether oxygens (including phenoxy) is 1. The first kappa shape index (κ1) is 25.8. The summed E-state index contributed by atoms with van der Waals surface area (Å²) in [6.07, 6.45) is -3.33. The van der Waals surface area contributed by atoms with Gasteiger partial charge in [-0.2, -0.15) is 18.2 Å². The molecular formula is C28H30F3N5O2. The smallest absolute Gasteiger partial charge is 0.416 e. The van der Waals surface area contributed by atoms with Gasteiger partial charge >= 0.3 is 6.18 Å². The largest absolute Gasteiger partial charge is 0.497 e. The number of nitrogens with zero attached hydrogens (tertiary/aromatic N) is 4. The molecule has 38 heavy (non-hydrogen) atoms. The monoisotopic (exact) mass is 525 g/mol. The van der Waals surface area contributed by atoms with Crippen molar-refractivity contribution in [2.24, 2.45) is 5.41 Å². The van der Waals surface area contributed by atoms with E-state index in [0.717, 1.165) is 17.5 Å². The van der Waals surface area contributed by atoms with Crippen LogP contribution in [-0.2, 0) is 12.6 Å². The van der Waals surface area contributed by atoms with Crippen molar-refractivity contribution < 1.29 is 22.7 Å². The van der Waals surface area contributed by atoms with Gasteiger partial charge in [-0.3, -0.25) is 4.79 Å². The van der Waals surface area contributed by atoms with E-state index < -0.39 is 11.7 Å². The van der Waals surface area contributed by atoms with Crippen molar-refractivity contribution >= 4 is 28.9 Å². The first-order valence-corrected chi connectivity index (χ1v) is 12.5. The number of methoxy groups -OCH3 is 1. The molecule has 7 nitrogen and oxygen atoms in total. The number of rotatable bonds is 5. The summed E-state index contributed by atoms with van der Waals surface area (Å²) in [7, 11) is 1.60. The molecule has 2 aliphatic rings. The third kappa shape index (κ3) is 5.39. The number of nitrogens with one attached hydrogen (secondary N) is 1. The molecule has 3 aromatic rings. The average Bonchev–Trinajstić information content (AvgIpc) is 2.87. The number of hydrogen-bond donors (Lipinski definition) is 1. The standard InChI is InChI=1S/C28H30F3N5O2/c1-27(2)16-22-24(23(37)17-27)25(32-19-7-9-21(38-3)10-8-19)34-26(33-22)36-13-11-35(12-14-36)20-6-4-5-18(15-20)28(29,30)31/h4-10,15H,11-14,16-17H2,1-3H3,(H,32,33,34). The van der Waals surface area contributed by atoms with Crippen LogP contribution in [-0.4, -0.2) is 49.0 Å². The first-order chi connectivity index (χ1) is 18.0. The Hall–Kier alpha value is -3.82. The third-order valence-electron chi connectivity index (χ3n) is 6.99. The summed E-state index contributed by atoms with van der Waals surface area (Å²) < 4.78 is 44.8. The maximum absolute atomic E-state index is 13.2. The lowest BCUT2D eigenvalue weighted by molar-refractivity contribution is -0.137. The molecule has 0 atom stereocenters. The van der Waals surface area contributed by atoms with Crippen molar-refractivity contribution in [2.45, 2.75) is 32.9 Å². The van der Waals surface area contributed by atoms with Crippen molar-refractivity contribution in [2.75, 3.05) is 48.4 Å². The Balaban J connectivity index is 1.41. The van der Waals surface area contributed by atoms with Crippen molar-refractivity contribution in [3.05, 3.63) is 65.4 Å². The summed E-state index contributed by atoms with van der Waals surface area (Å²) in [6.45, 7) is 6.23. The summed E-state index contributed by atoms with van der Waals surface area (Å²) in [5.74, 6) is 1.70. The maximum atomic E-state index is 13.2. The van der Waals surface area contributed by atoms with E-state index in [2.05, 4.69) is 19.2 Å². The number of aromatic nitrogens is 2. The first-order valence-electron chi connectivity index (χ1n) is 12.5. The molecule has 0 unspecified atom stereocenters. The number of ketones is 1. The van der Waals surface area contributed by atoms with Gasteiger partial charge in [0.15, 0.2) is 5.78 Å². The van der Waals surface area contributed by atoms with Gasteiger partial charge in [-0.25, -0.2) is 4.98 Å². The van der Waals surface area contributed by atoms with Crippen LogP contribution < -0.4 is 19.9 Å². The number of carbonyl (C=O) groups excluding carboxylic acids is 1. The van der Waals surface area contributed by atoms with Crippen LogP contribution in [0.1, 0.15) is 41.9 Å². The summed E-state index contributed by atoms with van der Waals surface area (Å²) in [5, 5.41) is 3.30. The van der Waals surface area contributed by atoms with Gasteiger partial charge in [0, 0.05) is 44.0 Å². The van der Waals surface area contributed by atoms with E-state index >= 15 is 0 Å². The second-order valence-corrected chi connectivity index (χ2v) is 10.5. The molecule has 1 aromatic heterocycles. The number of anilines is 4. The third-order valence-corrected chi connectivity index (χ3v) is 6.99. The molecule has 0 radical (unpaired) electrons. The van der Waals surface area contributed by atoms with E-state index in [1.165, 1.54) is 12.1 Å². The molecule has 2 aromatic carbocycles. The van der Waals surface area contributed by atoms with Gasteiger partial charge in [0.25, 0.3) is 0 Å². The highest BCUT2D eigenvalue weighted by Crippen LogP contribution is 2.38. The normalized spacial score (nSPS) is 17.3. The Bertz CT molecular complexity index is 1330. The summed E-state index contributed by atoms with van der Waals surface area (Å²) in [5.41, 5.74) is 1.68. The van der Waals surface area contributed by atoms with Crippen LogP contribution >= 0.6 is 0 Å². The number of hydrogen-bond acceptors (Lipinski definition) is 7. The highest BCUT2D eigenvalue weighted by Gasteiger charge is 2.36. The number of fused-ring (bicyclic) bond motifs is 1. The zero-order valence-electron chi connectivity index (χ0n) is 21.6. The highest BCUT2D eigenvalue weighted by atomic mass is 19.4. The van der Waals surface area contributed by atoms with E-state index in [1.807, 2.05) is 34.1 Å². The molecule has 200 valence electrons. The number of benzene rings is 2. The highest BCUT2D eigenvalue weighted by molar-refractivity contribution is 6.03. The second-order valence-electron chi connectivity index (χ2n) is 10.5. The molecular weight excluding hydrogens is 495 g/mol. The van der Waals surface area contributed by atoms with Gasteiger partial charge in [0.2, 0.25) is 5.95 Å². The Kier molecular flexibility index (Phi) is 6.66. The zero-order valence-corrected chi connectivity index (χ0v) is 21.6. The van der Waals surface area contributed by atoms with Gasteiger partial charge in [-0.05, 0) is 54.3 Å². The number of Topliss-reactive ketones (excluding diaryl/α,β-unsaturated/α-hetero) is 1. The summed E-state index contributed by atoms with van der Waals surface area (Å²) in [6, 6.07) is 12.8. The number of alkyl halides is 3. The Labute approximate surface area is 219 Å². The molecule has 0 bridgehead atoms. The lowest BCUT2D eigenvalue weighted by Gasteiger charge is -2.37. The van der Waals surface area contributed by atoms with Crippen molar-refractivity contribution in [3.8, 4) is 5.75 Å². The van der Waals surface area contributed by atoms with Gasteiger partial charge in [0.05, 0.1) is 23.9 Å². The maximum Gasteiger partial charge on any atom is 0.416 e. The molecule has 0 spiro atoms. The fourth-order valence-corrected chi connectivity index (χ4v) is 5.04. The topological polar surface area (TPSA) is 70.6 Å². The quantitative estimate of drug-likeness (QED) is 0.456. The predicted molar refractivity (Wildman–Crippen MR) is 141 cm³/mol. The average molecular weight is 526 g/mol. The fraction of sp³-hybridized carbons (Fsp3) is 0.393. The molecule has 1 aliphatic heterocycles. The Morgan fingerprint density at radius 2 is 1.63 bits per heavy atom. The van der Waals surface area contributed by atoms with Crippen LogP contribution in [0.5, 0.6) is 5.75 Å². The molecule has 5 rings (SSSR count). The predicted octanol–water partition coefficient (Wildman–Crippen LogP) is 5.73. The Morgan fingerprint density at radius 3 is 2.29 bits per heavy atom. The van der Waals surface area contributed by atoms with E-state index in [1.54, 1.807) is 13.2 Å². The van der Waals surface area contributed by atoms with Crippen LogP contribution in [0, 0.1) is 5.41 Å². The molecule has 2 heterocycles. The number of halogens is 3. The van der Waals surface area contributed by atoms with E-state index in [-0.39, 0.29) is 11.2 Å². The van der Waals surface area contributed by atoms with Crippen molar-refractivity contribution in [1.82, 2.24) is 9.97 Å². The Morgan fingerprint density at radius 1 is 0.947 bits per heavy atom. The molecule has 0 amide bonds. The van der Waals surface area contributed by atoms with Crippen LogP contribution in [0.15, 0.2) is 48.5 Å². The van der Waals surface area contributed by atoms with Gasteiger partial charge < -0.3 is 19.9 Å². The second kappa shape index (κ2) is 9.81. The minimum Gasteiger partial charge on any atom is -0.497 e. The molecule has 1 N–H and O–H groups in total. The lowest BCUT2D eigenvalue weighted by Crippen LogP contribution is -2.47. The van der Waals surface area contributed by atoms with E-state index in [4.69, 9.17) is 14.7 Å². The molecule has 1 fully saturated rings. The molecule has 1 saturated heterocycles. The minimum atomic E-state index is -4.38. The molecule has 10 heteroatoms. The van der Waals surface area contributed by atoms with Gasteiger partial charge in [0.1, 0.15) is 11.6 Å². The van der Waals surface area contributed by atoms with Gasteiger partial charge in [-0.15, -0.1) is 0 Å². The minimum absolute atomic E-state index is 0.00757. The van der Waals surface area contributed by atoms with Crippen LogP contribution in [0.25, 0.3) is 0 Å². The van der Waals surface area contributed by atoms with Crippen molar-refractivity contribution in [1.29, 1.82) is 0 Å². The van der Waals surface area contributed by atoms with Crippen molar-refractivity contribution in [3.63, 3.8) is 0 Å². The van der Waals surface area contributed by atoms with Crippen LogP contribution in [0.4, 0.5) is 36.3 Å². The number of piperazine rings is 1. The van der Waals surface area contributed by atoms with Crippen LogP contribution in [0.3, 0.4) is 0 Å². The number of carbonyl (C=O) groups is 1. The summed E-state index contributed by atoms with van der Waals surface area (Å²) >= 11 is 0. The van der Waals surface area contributed by atoms with E-state index in [0.29, 0.717) is 67.7 Å².